The van der Waals surface area contributed by atoms with Gasteiger partial charge in [0.15, 0.2) is 0 Å². The number of hydrogen-bond acceptors (Lipinski definition) is 4. The van der Waals surface area contributed by atoms with E-state index in [0.717, 1.165) is 42.3 Å². The Labute approximate surface area is 141 Å². The van der Waals surface area contributed by atoms with Crippen LogP contribution in [-0.2, 0) is 4.79 Å². The van der Waals surface area contributed by atoms with Crippen LogP contribution in [0.1, 0.15) is 42.4 Å². The van der Waals surface area contributed by atoms with Gasteiger partial charge in [-0.25, -0.2) is 4.98 Å². The second kappa shape index (κ2) is 7.59. The summed E-state index contributed by atoms with van der Waals surface area (Å²) in [5, 5.41) is 3.13. The molecule has 1 amide bonds. The van der Waals surface area contributed by atoms with Gasteiger partial charge < -0.3 is 9.64 Å². The first-order valence-electron chi connectivity index (χ1n) is 8.13. The van der Waals surface area contributed by atoms with Gasteiger partial charge in [-0.2, -0.15) is 0 Å². The molecule has 1 atom stereocenters. The molecule has 1 aromatic heterocycles. The molecule has 1 aliphatic rings. The van der Waals surface area contributed by atoms with Crippen molar-refractivity contribution in [1.29, 1.82) is 0 Å². The van der Waals surface area contributed by atoms with Crippen molar-refractivity contribution in [2.75, 3.05) is 13.2 Å². The quantitative estimate of drug-likeness (QED) is 0.833. The SMILES string of the molecule is Cc1csc([C@H]2CCCCN2C(=O)CCOc2ccccc2)n1. The predicted molar refractivity (Wildman–Crippen MR) is 91.7 cm³/mol. The molecule has 3 rings (SSSR count). The summed E-state index contributed by atoms with van der Waals surface area (Å²) in [7, 11) is 0. The number of aromatic nitrogens is 1. The van der Waals surface area contributed by atoms with E-state index >= 15 is 0 Å². The van der Waals surface area contributed by atoms with E-state index in [0.29, 0.717) is 13.0 Å². The maximum absolute atomic E-state index is 12.6. The van der Waals surface area contributed by atoms with Crippen LogP contribution in [0.4, 0.5) is 0 Å². The van der Waals surface area contributed by atoms with Crippen molar-refractivity contribution in [3.63, 3.8) is 0 Å². The summed E-state index contributed by atoms with van der Waals surface area (Å²) in [6.45, 7) is 3.25. The molecule has 4 nitrogen and oxygen atoms in total. The zero-order chi connectivity index (χ0) is 16.1. The van der Waals surface area contributed by atoms with Gasteiger partial charge in [-0.3, -0.25) is 4.79 Å². The van der Waals surface area contributed by atoms with Crippen LogP contribution in [0.15, 0.2) is 35.7 Å². The number of benzene rings is 1. The first kappa shape index (κ1) is 16.0. The topological polar surface area (TPSA) is 42.4 Å². The summed E-state index contributed by atoms with van der Waals surface area (Å²) in [5.74, 6) is 0.976. The number of thiazole rings is 1. The molecule has 0 N–H and O–H groups in total. The van der Waals surface area contributed by atoms with Gasteiger partial charge >= 0.3 is 0 Å². The minimum Gasteiger partial charge on any atom is -0.493 e. The molecule has 0 aliphatic carbocycles. The van der Waals surface area contributed by atoms with Gasteiger partial charge in [0.2, 0.25) is 5.91 Å². The third-order valence-corrected chi connectivity index (χ3v) is 5.14. The number of carbonyl (C=O) groups is 1. The van der Waals surface area contributed by atoms with Crippen molar-refractivity contribution in [2.45, 2.75) is 38.6 Å². The number of carbonyl (C=O) groups excluding carboxylic acids is 1. The summed E-state index contributed by atoms with van der Waals surface area (Å²) < 4.78 is 5.65. The fourth-order valence-electron chi connectivity index (χ4n) is 2.93. The van der Waals surface area contributed by atoms with Crippen molar-refractivity contribution >= 4 is 17.2 Å². The molecule has 2 heterocycles. The van der Waals surface area contributed by atoms with Crippen molar-refractivity contribution in [2.24, 2.45) is 0 Å². The maximum atomic E-state index is 12.6. The van der Waals surface area contributed by atoms with Gasteiger partial charge in [-0.05, 0) is 38.3 Å². The lowest BCUT2D eigenvalue weighted by atomic mass is 10.0. The van der Waals surface area contributed by atoms with Crippen molar-refractivity contribution in [3.8, 4) is 5.75 Å². The van der Waals surface area contributed by atoms with Crippen LogP contribution in [0.25, 0.3) is 0 Å². The van der Waals surface area contributed by atoms with Gasteiger partial charge in [-0.15, -0.1) is 11.3 Å². The zero-order valence-corrected chi connectivity index (χ0v) is 14.2. The molecule has 0 bridgehead atoms. The average Bonchev–Trinajstić information content (AvgIpc) is 3.02. The van der Waals surface area contributed by atoms with Gasteiger partial charge in [0.1, 0.15) is 10.8 Å². The van der Waals surface area contributed by atoms with E-state index in [1.54, 1.807) is 11.3 Å². The molecule has 1 fully saturated rings. The Balaban J connectivity index is 1.58. The third kappa shape index (κ3) is 4.10. The average molecular weight is 330 g/mol. The van der Waals surface area contributed by atoms with Crippen LogP contribution in [0.5, 0.6) is 5.75 Å². The number of aryl methyl sites for hydroxylation is 1. The molecule has 1 aromatic carbocycles. The van der Waals surface area contributed by atoms with E-state index in [-0.39, 0.29) is 11.9 Å². The smallest absolute Gasteiger partial charge is 0.226 e. The molecule has 2 aromatic rings. The van der Waals surface area contributed by atoms with Crippen molar-refractivity contribution < 1.29 is 9.53 Å². The summed E-state index contributed by atoms with van der Waals surface area (Å²) in [6.07, 6.45) is 3.66. The summed E-state index contributed by atoms with van der Waals surface area (Å²) in [6, 6.07) is 9.78. The lowest BCUT2D eigenvalue weighted by molar-refractivity contribution is -0.135. The van der Waals surface area contributed by atoms with E-state index < -0.39 is 0 Å². The van der Waals surface area contributed by atoms with E-state index in [9.17, 15) is 4.79 Å². The Bertz CT molecular complexity index is 641. The number of piperidine rings is 1. The number of ether oxygens (including phenoxy) is 1. The van der Waals surface area contributed by atoms with Gasteiger partial charge in [-0.1, -0.05) is 18.2 Å². The second-order valence-electron chi connectivity index (χ2n) is 5.84. The number of para-hydroxylation sites is 1. The molecule has 0 unspecified atom stereocenters. The molecule has 5 heteroatoms. The number of hydrogen-bond donors (Lipinski definition) is 0. The highest BCUT2D eigenvalue weighted by Crippen LogP contribution is 2.33. The lowest BCUT2D eigenvalue weighted by Gasteiger charge is -2.34. The highest BCUT2D eigenvalue weighted by Gasteiger charge is 2.29. The number of likely N-dealkylation sites (tertiary alicyclic amines) is 1. The first-order chi connectivity index (χ1) is 11.2. The van der Waals surface area contributed by atoms with E-state index in [1.807, 2.05) is 42.2 Å². The summed E-state index contributed by atoms with van der Waals surface area (Å²) in [4.78, 5) is 19.2. The van der Waals surface area contributed by atoms with E-state index in [4.69, 9.17) is 4.74 Å². The van der Waals surface area contributed by atoms with Crippen molar-refractivity contribution in [3.05, 3.63) is 46.4 Å². The highest BCUT2D eigenvalue weighted by molar-refractivity contribution is 7.09. The van der Waals surface area contributed by atoms with Gasteiger partial charge in [0, 0.05) is 17.6 Å². The van der Waals surface area contributed by atoms with Crippen LogP contribution in [-0.4, -0.2) is 28.9 Å². The summed E-state index contributed by atoms with van der Waals surface area (Å²) in [5.41, 5.74) is 1.04. The molecule has 1 saturated heterocycles. The molecular formula is C18H22N2O2S. The fourth-order valence-corrected chi connectivity index (χ4v) is 3.87. The number of rotatable bonds is 5. The van der Waals surface area contributed by atoms with Crippen molar-refractivity contribution in [1.82, 2.24) is 9.88 Å². The largest absolute Gasteiger partial charge is 0.493 e. The monoisotopic (exact) mass is 330 g/mol. The Kier molecular flexibility index (Phi) is 5.28. The Morgan fingerprint density at radius 1 is 1.35 bits per heavy atom. The number of amides is 1. The lowest BCUT2D eigenvalue weighted by Crippen LogP contribution is -2.39. The molecule has 0 saturated carbocycles. The molecule has 0 spiro atoms. The van der Waals surface area contributed by atoms with Crippen LogP contribution in [0, 0.1) is 6.92 Å². The highest BCUT2D eigenvalue weighted by atomic mass is 32.1. The maximum Gasteiger partial charge on any atom is 0.226 e. The minimum absolute atomic E-state index is 0.145. The van der Waals surface area contributed by atoms with E-state index in [2.05, 4.69) is 10.4 Å². The Morgan fingerprint density at radius 3 is 2.91 bits per heavy atom. The number of nitrogens with zero attached hydrogens (tertiary/aromatic N) is 2. The van der Waals surface area contributed by atoms with Crippen LogP contribution in [0.2, 0.25) is 0 Å². The Hall–Kier alpha value is -1.88. The minimum atomic E-state index is 0.145. The first-order valence-corrected chi connectivity index (χ1v) is 9.01. The zero-order valence-electron chi connectivity index (χ0n) is 13.4. The standard InChI is InChI=1S/C18H22N2O2S/c1-14-13-23-18(19-14)16-9-5-6-11-20(16)17(21)10-12-22-15-7-3-2-4-8-15/h2-4,7-8,13,16H,5-6,9-12H2,1H3/t16-/m1/s1. The van der Waals surface area contributed by atoms with Gasteiger partial charge in [0.25, 0.3) is 0 Å². The predicted octanol–water partition coefficient (Wildman–Crippen LogP) is 3.97. The van der Waals surface area contributed by atoms with E-state index in [1.165, 1.54) is 0 Å². The molecule has 122 valence electrons. The fraction of sp³-hybridized carbons (Fsp3) is 0.444. The Morgan fingerprint density at radius 2 is 2.17 bits per heavy atom. The van der Waals surface area contributed by atoms with Crippen LogP contribution in [0.3, 0.4) is 0 Å². The van der Waals surface area contributed by atoms with Crippen LogP contribution < -0.4 is 4.74 Å². The van der Waals surface area contributed by atoms with Crippen LogP contribution >= 0.6 is 11.3 Å². The second-order valence-corrected chi connectivity index (χ2v) is 6.73. The van der Waals surface area contributed by atoms with Gasteiger partial charge in [0.05, 0.1) is 19.1 Å². The molecule has 1 aliphatic heterocycles. The third-order valence-electron chi connectivity index (χ3n) is 4.07. The summed E-state index contributed by atoms with van der Waals surface area (Å²) >= 11 is 1.66. The molecule has 23 heavy (non-hydrogen) atoms. The normalized spacial score (nSPS) is 18.0. The molecular weight excluding hydrogens is 308 g/mol. The molecule has 0 radical (unpaired) electrons.